The van der Waals surface area contributed by atoms with E-state index >= 15 is 0 Å². The normalized spacial score (nSPS) is 15.4. The van der Waals surface area contributed by atoms with E-state index in [2.05, 4.69) is 5.10 Å². The predicted octanol–water partition coefficient (Wildman–Crippen LogP) is 3.74. The number of fused-ring (bicyclic) bond motifs is 1. The van der Waals surface area contributed by atoms with E-state index in [1.807, 2.05) is 41.9 Å². The van der Waals surface area contributed by atoms with Crippen LogP contribution in [0, 0.1) is 12.8 Å². The van der Waals surface area contributed by atoms with Gasteiger partial charge in [-0.2, -0.15) is 5.10 Å². The fourth-order valence-corrected chi connectivity index (χ4v) is 5.08. The SMILES string of the molecule is CCOC(=O)C1CCN(C(=O)C(C)OC(=O)c2cc3c(C)nn(-c4ccccc4)c3s2)CC1. The van der Waals surface area contributed by atoms with Crippen molar-refractivity contribution in [3.63, 3.8) is 0 Å². The van der Waals surface area contributed by atoms with Crippen molar-refractivity contribution in [3.8, 4) is 5.69 Å². The van der Waals surface area contributed by atoms with Crippen LogP contribution in [0.4, 0.5) is 0 Å². The number of benzene rings is 1. The van der Waals surface area contributed by atoms with E-state index in [1.54, 1.807) is 24.8 Å². The molecule has 1 atom stereocenters. The van der Waals surface area contributed by atoms with Gasteiger partial charge in [-0.15, -0.1) is 11.3 Å². The zero-order valence-electron chi connectivity index (χ0n) is 18.9. The van der Waals surface area contributed by atoms with Gasteiger partial charge in [0, 0.05) is 18.5 Å². The lowest BCUT2D eigenvalue weighted by atomic mass is 9.97. The fourth-order valence-electron chi connectivity index (χ4n) is 4.01. The van der Waals surface area contributed by atoms with E-state index in [-0.39, 0.29) is 17.8 Å². The average molecular weight is 470 g/mol. The molecule has 33 heavy (non-hydrogen) atoms. The van der Waals surface area contributed by atoms with Gasteiger partial charge in [0.1, 0.15) is 9.71 Å². The van der Waals surface area contributed by atoms with Gasteiger partial charge in [0.2, 0.25) is 0 Å². The van der Waals surface area contributed by atoms with Crippen LogP contribution < -0.4 is 0 Å². The third-order valence-corrected chi connectivity index (χ3v) is 6.90. The van der Waals surface area contributed by atoms with E-state index in [9.17, 15) is 14.4 Å². The molecule has 3 aromatic rings. The predicted molar refractivity (Wildman–Crippen MR) is 124 cm³/mol. The van der Waals surface area contributed by atoms with Crippen LogP contribution in [0.25, 0.3) is 15.9 Å². The van der Waals surface area contributed by atoms with Crippen LogP contribution in [-0.2, 0) is 19.1 Å². The van der Waals surface area contributed by atoms with Gasteiger partial charge in [-0.25, -0.2) is 9.48 Å². The number of aryl methyl sites for hydroxylation is 1. The lowest BCUT2D eigenvalue weighted by Gasteiger charge is -2.32. The summed E-state index contributed by atoms with van der Waals surface area (Å²) in [5.74, 6) is -1.17. The van der Waals surface area contributed by atoms with Crippen LogP contribution in [0.2, 0.25) is 0 Å². The van der Waals surface area contributed by atoms with E-state index < -0.39 is 12.1 Å². The second kappa shape index (κ2) is 9.74. The van der Waals surface area contributed by atoms with Crippen LogP contribution in [0.1, 0.15) is 42.1 Å². The van der Waals surface area contributed by atoms with Gasteiger partial charge in [-0.05, 0) is 51.8 Å². The number of amides is 1. The molecular formula is C24H27N3O5S. The number of carbonyl (C=O) groups is 3. The maximum absolute atomic E-state index is 12.8. The molecule has 0 N–H and O–H groups in total. The smallest absolute Gasteiger partial charge is 0.349 e. The molecule has 1 amide bonds. The van der Waals surface area contributed by atoms with Gasteiger partial charge >= 0.3 is 11.9 Å². The summed E-state index contributed by atoms with van der Waals surface area (Å²) in [6.45, 7) is 6.50. The maximum atomic E-state index is 12.8. The minimum Gasteiger partial charge on any atom is -0.466 e. The lowest BCUT2D eigenvalue weighted by molar-refractivity contribution is -0.152. The molecule has 9 heteroatoms. The van der Waals surface area contributed by atoms with Gasteiger partial charge in [0.25, 0.3) is 5.91 Å². The quantitative estimate of drug-likeness (QED) is 0.511. The zero-order valence-corrected chi connectivity index (χ0v) is 19.8. The second-order valence-corrected chi connectivity index (χ2v) is 9.09. The molecule has 0 saturated carbocycles. The number of aromatic nitrogens is 2. The van der Waals surface area contributed by atoms with Crippen molar-refractivity contribution < 1.29 is 23.9 Å². The van der Waals surface area contributed by atoms with Crippen molar-refractivity contribution in [2.75, 3.05) is 19.7 Å². The highest BCUT2D eigenvalue weighted by molar-refractivity contribution is 7.20. The molecular weight excluding hydrogens is 442 g/mol. The molecule has 1 unspecified atom stereocenters. The fraction of sp³-hybridized carbons (Fsp3) is 0.417. The summed E-state index contributed by atoms with van der Waals surface area (Å²) in [5, 5.41) is 5.47. The first kappa shape index (κ1) is 23.0. The molecule has 0 bridgehead atoms. The summed E-state index contributed by atoms with van der Waals surface area (Å²) >= 11 is 1.29. The Morgan fingerprint density at radius 2 is 1.88 bits per heavy atom. The summed E-state index contributed by atoms with van der Waals surface area (Å²) in [7, 11) is 0. The maximum Gasteiger partial charge on any atom is 0.349 e. The van der Waals surface area contributed by atoms with Crippen molar-refractivity contribution in [2.24, 2.45) is 5.92 Å². The highest BCUT2D eigenvalue weighted by Crippen LogP contribution is 2.31. The number of piperidine rings is 1. The molecule has 4 rings (SSSR count). The largest absolute Gasteiger partial charge is 0.466 e. The highest BCUT2D eigenvalue weighted by atomic mass is 32.1. The Labute approximate surface area is 196 Å². The molecule has 0 spiro atoms. The summed E-state index contributed by atoms with van der Waals surface area (Å²) in [6.07, 6.45) is 0.196. The van der Waals surface area contributed by atoms with Crippen LogP contribution >= 0.6 is 11.3 Å². The molecule has 1 fully saturated rings. The number of thiophene rings is 1. The van der Waals surface area contributed by atoms with Gasteiger partial charge in [0.05, 0.1) is 23.9 Å². The van der Waals surface area contributed by atoms with Gasteiger partial charge in [0.15, 0.2) is 6.10 Å². The van der Waals surface area contributed by atoms with Crippen molar-refractivity contribution in [3.05, 3.63) is 47.0 Å². The molecule has 2 aromatic heterocycles. The average Bonchev–Trinajstić information content (AvgIpc) is 3.40. The summed E-state index contributed by atoms with van der Waals surface area (Å²) in [5.41, 5.74) is 1.73. The zero-order chi connectivity index (χ0) is 23.5. The van der Waals surface area contributed by atoms with Gasteiger partial charge < -0.3 is 14.4 Å². The Bertz CT molecular complexity index is 1160. The van der Waals surface area contributed by atoms with Crippen LogP contribution in [0.5, 0.6) is 0 Å². The molecule has 3 heterocycles. The number of hydrogen-bond donors (Lipinski definition) is 0. The lowest BCUT2D eigenvalue weighted by Crippen LogP contribution is -2.45. The Morgan fingerprint density at radius 3 is 2.55 bits per heavy atom. The number of ether oxygens (including phenoxy) is 2. The van der Waals surface area contributed by atoms with Crippen molar-refractivity contribution in [1.29, 1.82) is 0 Å². The Hall–Kier alpha value is -3.20. The number of rotatable bonds is 6. The number of esters is 2. The minimum atomic E-state index is -0.909. The van der Waals surface area contributed by atoms with Gasteiger partial charge in [-0.1, -0.05) is 18.2 Å². The van der Waals surface area contributed by atoms with Crippen LogP contribution in [-0.4, -0.2) is 58.3 Å². The molecule has 1 aromatic carbocycles. The van der Waals surface area contributed by atoms with Crippen LogP contribution in [0.15, 0.2) is 36.4 Å². The van der Waals surface area contributed by atoms with E-state index in [0.29, 0.717) is 37.4 Å². The third-order valence-electron chi connectivity index (χ3n) is 5.80. The first-order valence-electron chi connectivity index (χ1n) is 11.1. The first-order chi connectivity index (χ1) is 15.9. The molecule has 8 nitrogen and oxygen atoms in total. The summed E-state index contributed by atoms with van der Waals surface area (Å²) in [4.78, 5) is 40.4. The molecule has 0 aliphatic carbocycles. The van der Waals surface area contributed by atoms with Crippen LogP contribution in [0.3, 0.4) is 0 Å². The molecule has 1 saturated heterocycles. The number of hydrogen-bond acceptors (Lipinski definition) is 7. The first-order valence-corrected chi connectivity index (χ1v) is 11.9. The molecule has 174 valence electrons. The monoisotopic (exact) mass is 469 g/mol. The van der Waals surface area contributed by atoms with E-state index in [1.165, 1.54) is 11.3 Å². The Balaban J connectivity index is 1.41. The Morgan fingerprint density at radius 1 is 1.18 bits per heavy atom. The minimum absolute atomic E-state index is 0.183. The second-order valence-electron chi connectivity index (χ2n) is 8.06. The molecule has 1 aliphatic heterocycles. The van der Waals surface area contributed by atoms with E-state index in [0.717, 1.165) is 21.6 Å². The standard InChI is InChI=1S/C24H27N3O5S/c1-4-31-23(29)17-10-12-26(13-11-17)21(28)16(3)32-24(30)20-14-19-15(2)25-27(22(19)33-20)18-8-6-5-7-9-18/h5-9,14,16-17H,4,10-13H2,1-3H3. The Kier molecular flexibility index (Phi) is 6.78. The number of carbonyl (C=O) groups excluding carboxylic acids is 3. The van der Waals surface area contributed by atoms with E-state index in [4.69, 9.17) is 9.47 Å². The highest BCUT2D eigenvalue weighted by Gasteiger charge is 2.31. The van der Waals surface area contributed by atoms with Crippen molar-refractivity contribution >= 4 is 39.4 Å². The molecule has 1 aliphatic rings. The third kappa shape index (κ3) is 4.78. The number of nitrogens with zero attached hydrogens (tertiary/aromatic N) is 3. The van der Waals surface area contributed by atoms with Crippen molar-refractivity contribution in [1.82, 2.24) is 14.7 Å². The number of para-hydroxylation sites is 1. The van der Waals surface area contributed by atoms with Crippen molar-refractivity contribution in [2.45, 2.75) is 39.7 Å². The summed E-state index contributed by atoms with van der Waals surface area (Å²) in [6, 6.07) is 11.5. The topological polar surface area (TPSA) is 90.7 Å². The number of likely N-dealkylation sites (tertiary alicyclic amines) is 1. The summed E-state index contributed by atoms with van der Waals surface area (Å²) < 4.78 is 12.4. The molecule has 0 radical (unpaired) electrons. The van der Waals surface area contributed by atoms with Gasteiger partial charge in [-0.3, -0.25) is 9.59 Å².